The number of hydrazine groups is 1. The lowest BCUT2D eigenvalue weighted by Crippen LogP contribution is -2.44. The summed E-state index contributed by atoms with van der Waals surface area (Å²) >= 11 is 0. The van der Waals surface area contributed by atoms with Crippen LogP contribution >= 0.6 is 0 Å². The van der Waals surface area contributed by atoms with Crippen molar-refractivity contribution in [3.05, 3.63) is 11.6 Å². The second-order valence-corrected chi connectivity index (χ2v) is 6.36. The summed E-state index contributed by atoms with van der Waals surface area (Å²) in [7, 11) is 0. The lowest BCUT2D eigenvalue weighted by atomic mass is 9.79. The number of nitrogens with one attached hydrogen (secondary N) is 1. The molecule has 0 aromatic rings. The minimum absolute atomic E-state index is 0.489. The highest BCUT2D eigenvalue weighted by molar-refractivity contribution is 5.16. The van der Waals surface area contributed by atoms with Crippen molar-refractivity contribution in [1.29, 1.82) is 0 Å². The Hall–Kier alpha value is -0.340. The lowest BCUT2D eigenvalue weighted by molar-refractivity contribution is 0.269. The second-order valence-electron chi connectivity index (χ2n) is 6.36. The highest BCUT2D eigenvalue weighted by Crippen LogP contribution is 2.50. The van der Waals surface area contributed by atoms with Crippen LogP contribution in [0.15, 0.2) is 11.6 Å². The zero-order valence-corrected chi connectivity index (χ0v) is 10.8. The molecular weight excluding hydrogens is 208 g/mol. The summed E-state index contributed by atoms with van der Waals surface area (Å²) in [5.41, 5.74) is 4.79. The summed E-state index contributed by atoms with van der Waals surface area (Å²) in [4.78, 5) is 0. The maximum absolute atomic E-state index is 5.88. The van der Waals surface area contributed by atoms with Crippen molar-refractivity contribution in [3.63, 3.8) is 0 Å². The summed E-state index contributed by atoms with van der Waals surface area (Å²) in [6.45, 7) is 0. The van der Waals surface area contributed by atoms with Crippen LogP contribution in [0.4, 0.5) is 0 Å². The Kier molecular flexibility index (Phi) is 3.53. The van der Waals surface area contributed by atoms with Gasteiger partial charge in [0.1, 0.15) is 0 Å². The van der Waals surface area contributed by atoms with Crippen molar-refractivity contribution >= 4 is 0 Å². The summed E-state index contributed by atoms with van der Waals surface area (Å²) in [5, 5.41) is 0. The van der Waals surface area contributed by atoms with Crippen LogP contribution in [0, 0.1) is 17.8 Å². The SMILES string of the molecule is NNC(C1=CCCCCC1)C1CC2CCC1C2. The third kappa shape index (κ3) is 2.30. The van der Waals surface area contributed by atoms with E-state index in [-0.39, 0.29) is 0 Å². The van der Waals surface area contributed by atoms with Crippen LogP contribution in [0.5, 0.6) is 0 Å². The van der Waals surface area contributed by atoms with Crippen molar-refractivity contribution in [2.24, 2.45) is 23.6 Å². The van der Waals surface area contributed by atoms with Crippen LogP contribution in [0.1, 0.15) is 57.8 Å². The first-order chi connectivity index (χ1) is 8.38. The predicted molar refractivity (Wildman–Crippen MR) is 71.2 cm³/mol. The van der Waals surface area contributed by atoms with Gasteiger partial charge in [-0.2, -0.15) is 0 Å². The van der Waals surface area contributed by atoms with Gasteiger partial charge in [-0.3, -0.25) is 11.3 Å². The minimum atomic E-state index is 0.489. The molecule has 0 aromatic carbocycles. The van der Waals surface area contributed by atoms with E-state index in [1.807, 2.05) is 0 Å². The minimum Gasteiger partial charge on any atom is -0.271 e. The molecule has 4 atom stereocenters. The summed E-state index contributed by atoms with van der Waals surface area (Å²) in [6.07, 6.45) is 15.0. The second kappa shape index (κ2) is 5.11. The Morgan fingerprint density at radius 2 is 2.12 bits per heavy atom. The molecule has 17 heavy (non-hydrogen) atoms. The van der Waals surface area contributed by atoms with Crippen molar-refractivity contribution in [1.82, 2.24) is 5.43 Å². The molecule has 3 aliphatic carbocycles. The Morgan fingerprint density at radius 1 is 1.18 bits per heavy atom. The number of hydrogen-bond acceptors (Lipinski definition) is 2. The molecular formula is C15H26N2. The molecule has 2 fully saturated rings. The van der Waals surface area contributed by atoms with Crippen molar-refractivity contribution in [2.75, 3.05) is 0 Å². The number of nitrogens with two attached hydrogens (primary N) is 1. The maximum Gasteiger partial charge on any atom is 0.0450 e. The van der Waals surface area contributed by atoms with Crippen LogP contribution in [-0.2, 0) is 0 Å². The van der Waals surface area contributed by atoms with Gasteiger partial charge in [0.2, 0.25) is 0 Å². The van der Waals surface area contributed by atoms with Gasteiger partial charge in [0.05, 0.1) is 0 Å². The van der Waals surface area contributed by atoms with E-state index in [1.54, 1.807) is 5.57 Å². The fraction of sp³-hybridized carbons (Fsp3) is 0.867. The normalized spacial score (nSPS) is 38.9. The first-order valence-electron chi connectivity index (χ1n) is 7.53. The van der Waals surface area contributed by atoms with Crippen LogP contribution in [-0.4, -0.2) is 6.04 Å². The van der Waals surface area contributed by atoms with Gasteiger partial charge in [0.15, 0.2) is 0 Å². The molecule has 3 N–H and O–H groups in total. The monoisotopic (exact) mass is 234 g/mol. The van der Waals surface area contributed by atoms with E-state index in [2.05, 4.69) is 11.5 Å². The van der Waals surface area contributed by atoms with Crippen LogP contribution in [0.3, 0.4) is 0 Å². The van der Waals surface area contributed by atoms with Gasteiger partial charge in [-0.25, -0.2) is 0 Å². The highest BCUT2D eigenvalue weighted by atomic mass is 15.2. The van der Waals surface area contributed by atoms with Gasteiger partial charge in [0, 0.05) is 6.04 Å². The first kappa shape index (κ1) is 11.7. The molecule has 0 spiro atoms. The van der Waals surface area contributed by atoms with Crippen LogP contribution in [0.2, 0.25) is 0 Å². The van der Waals surface area contributed by atoms with E-state index in [4.69, 9.17) is 5.84 Å². The molecule has 0 saturated heterocycles. The van der Waals surface area contributed by atoms with Gasteiger partial charge < -0.3 is 0 Å². The molecule has 0 aliphatic heterocycles. The number of fused-ring (bicyclic) bond motifs is 2. The van der Waals surface area contributed by atoms with Gasteiger partial charge in [-0.05, 0) is 62.7 Å². The van der Waals surface area contributed by atoms with Gasteiger partial charge in [0.25, 0.3) is 0 Å². The number of rotatable bonds is 3. The molecule has 2 saturated carbocycles. The molecule has 0 amide bonds. The van der Waals surface area contributed by atoms with E-state index >= 15 is 0 Å². The molecule has 0 radical (unpaired) electrons. The van der Waals surface area contributed by atoms with Crippen LogP contribution < -0.4 is 11.3 Å². The molecule has 96 valence electrons. The predicted octanol–water partition coefficient (Wildman–Crippen LogP) is 3.15. The first-order valence-corrected chi connectivity index (χ1v) is 7.53. The van der Waals surface area contributed by atoms with Gasteiger partial charge in [-0.1, -0.05) is 24.5 Å². The largest absolute Gasteiger partial charge is 0.271 e. The molecule has 0 heterocycles. The molecule has 4 unspecified atom stereocenters. The third-order valence-electron chi connectivity index (χ3n) is 5.38. The molecule has 0 aromatic heterocycles. The smallest absolute Gasteiger partial charge is 0.0450 e. The third-order valence-corrected chi connectivity index (χ3v) is 5.38. The standard InChI is InChI=1S/C15H26N2/c16-17-15(12-5-3-1-2-4-6-12)14-10-11-7-8-13(14)9-11/h5,11,13-15,17H,1-4,6-10,16H2. The molecule has 3 rings (SSSR count). The van der Waals surface area contributed by atoms with Crippen LogP contribution in [0.25, 0.3) is 0 Å². The summed E-state index contributed by atoms with van der Waals surface area (Å²) in [6, 6.07) is 0.489. The Labute approximate surface area is 105 Å². The maximum atomic E-state index is 5.88. The van der Waals surface area contributed by atoms with E-state index in [0.29, 0.717) is 6.04 Å². The van der Waals surface area contributed by atoms with Gasteiger partial charge in [-0.15, -0.1) is 0 Å². The number of allylic oxidation sites excluding steroid dienone is 1. The van der Waals surface area contributed by atoms with Crippen molar-refractivity contribution in [2.45, 2.75) is 63.8 Å². The van der Waals surface area contributed by atoms with Crippen molar-refractivity contribution < 1.29 is 0 Å². The molecule has 2 nitrogen and oxygen atoms in total. The topological polar surface area (TPSA) is 38.0 Å². The average molecular weight is 234 g/mol. The number of hydrogen-bond donors (Lipinski definition) is 2. The fourth-order valence-corrected chi connectivity index (χ4v) is 4.53. The average Bonchev–Trinajstić information content (AvgIpc) is 2.86. The Morgan fingerprint density at radius 3 is 2.82 bits per heavy atom. The zero-order chi connectivity index (χ0) is 11.7. The van der Waals surface area contributed by atoms with E-state index in [1.165, 1.54) is 57.8 Å². The lowest BCUT2D eigenvalue weighted by Gasteiger charge is -2.32. The molecule has 3 aliphatic rings. The molecule has 2 heteroatoms. The highest BCUT2D eigenvalue weighted by Gasteiger charge is 2.43. The summed E-state index contributed by atoms with van der Waals surface area (Å²) in [5.74, 6) is 8.70. The van der Waals surface area contributed by atoms with Gasteiger partial charge >= 0.3 is 0 Å². The zero-order valence-electron chi connectivity index (χ0n) is 10.8. The fourth-order valence-electron chi connectivity index (χ4n) is 4.53. The molecule has 2 bridgehead atoms. The Balaban J connectivity index is 1.72. The van der Waals surface area contributed by atoms with Crippen molar-refractivity contribution in [3.8, 4) is 0 Å². The van der Waals surface area contributed by atoms with E-state index < -0.39 is 0 Å². The summed E-state index contributed by atoms with van der Waals surface area (Å²) < 4.78 is 0. The Bertz CT molecular complexity index is 297. The van der Waals surface area contributed by atoms with E-state index in [9.17, 15) is 0 Å². The van der Waals surface area contributed by atoms with E-state index in [0.717, 1.165) is 17.8 Å². The quantitative estimate of drug-likeness (QED) is 0.447.